The van der Waals surface area contributed by atoms with Crippen molar-refractivity contribution in [2.75, 3.05) is 38.4 Å². The Hall–Kier alpha value is -2.89. The van der Waals surface area contributed by atoms with Crippen LogP contribution >= 0.6 is 0 Å². The Morgan fingerprint density at radius 1 is 1.15 bits per heavy atom. The first-order valence-electron chi connectivity index (χ1n) is 8.81. The van der Waals surface area contributed by atoms with E-state index >= 15 is 0 Å². The standard InChI is InChI=1S/C20H22N2O4/c1-3-22-12-15(26-17-7-5-4-6-16(17)22)11-21(2)20(23)14-8-9-18-19(10-14)25-13-24-18/h4-10,15H,3,11-13H2,1-2H3/t15-/m1/s1. The first kappa shape index (κ1) is 16.6. The minimum absolute atomic E-state index is 0.0613. The lowest BCUT2D eigenvalue weighted by molar-refractivity contribution is 0.0709. The SMILES string of the molecule is CCN1C[C@@H](CN(C)C(=O)c2ccc3c(c2)OCO3)Oc2ccccc21. The van der Waals surface area contributed by atoms with Gasteiger partial charge in [0.15, 0.2) is 11.5 Å². The average molecular weight is 354 g/mol. The number of carbonyl (C=O) groups excluding carboxylic acids is 1. The Morgan fingerprint density at radius 3 is 2.81 bits per heavy atom. The smallest absolute Gasteiger partial charge is 0.253 e. The number of nitrogens with zero attached hydrogens (tertiary/aromatic N) is 2. The Balaban J connectivity index is 1.46. The van der Waals surface area contributed by atoms with Gasteiger partial charge in [-0.15, -0.1) is 0 Å². The van der Waals surface area contributed by atoms with Crippen LogP contribution in [0.15, 0.2) is 42.5 Å². The van der Waals surface area contributed by atoms with E-state index in [1.54, 1.807) is 30.1 Å². The van der Waals surface area contributed by atoms with E-state index in [0.717, 1.165) is 24.5 Å². The van der Waals surface area contributed by atoms with E-state index in [1.165, 1.54) is 0 Å². The summed E-state index contributed by atoms with van der Waals surface area (Å²) in [6.07, 6.45) is -0.0761. The molecule has 2 heterocycles. The van der Waals surface area contributed by atoms with Crippen LogP contribution in [0.3, 0.4) is 0 Å². The summed E-state index contributed by atoms with van der Waals surface area (Å²) >= 11 is 0. The third-order valence-corrected chi connectivity index (χ3v) is 4.75. The normalized spacial score (nSPS) is 17.5. The van der Waals surface area contributed by atoms with Crippen LogP contribution in [0.25, 0.3) is 0 Å². The second-order valence-corrected chi connectivity index (χ2v) is 6.50. The summed E-state index contributed by atoms with van der Waals surface area (Å²) in [4.78, 5) is 16.8. The molecule has 0 N–H and O–H groups in total. The van der Waals surface area contributed by atoms with Crippen molar-refractivity contribution in [3.63, 3.8) is 0 Å². The lowest BCUT2D eigenvalue weighted by Gasteiger charge is -2.37. The largest absolute Gasteiger partial charge is 0.485 e. The number of hydrogen-bond donors (Lipinski definition) is 0. The molecule has 26 heavy (non-hydrogen) atoms. The van der Waals surface area contributed by atoms with Crippen LogP contribution in [-0.2, 0) is 0 Å². The molecular weight excluding hydrogens is 332 g/mol. The fraction of sp³-hybridized carbons (Fsp3) is 0.350. The van der Waals surface area contributed by atoms with Gasteiger partial charge in [0.05, 0.1) is 18.8 Å². The van der Waals surface area contributed by atoms with E-state index in [-0.39, 0.29) is 18.8 Å². The van der Waals surface area contributed by atoms with Gasteiger partial charge in [0.2, 0.25) is 6.79 Å². The van der Waals surface area contributed by atoms with E-state index in [9.17, 15) is 4.79 Å². The van der Waals surface area contributed by atoms with E-state index in [0.29, 0.717) is 23.6 Å². The Labute approximate surface area is 152 Å². The predicted octanol–water partition coefficient (Wildman–Crippen LogP) is 2.77. The maximum Gasteiger partial charge on any atom is 0.253 e. The van der Waals surface area contributed by atoms with Crippen molar-refractivity contribution in [3.8, 4) is 17.2 Å². The molecular formula is C20H22N2O4. The van der Waals surface area contributed by atoms with Gasteiger partial charge in [-0.05, 0) is 37.3 Å². The Kier molecular flexibility index (Phi) is 4.32. The van der Waals surface area contributed by atoms with Gasteiger partial charge in [-0.3, -0.25) is 4.79 Å². The number of benzene rings is 2. The fourth-order valence-electron chi connectivity index (χ4n) is 3.41. The van der Waals surface area contributed by atoms with E-state index in [4.69, 9.17) is 14.2 Å². The minimum atomic E-state index is -0.0761. The third-order valence-electron chi connectivity index (χ3n) is 4.75. The number of fused-ring (bicyclic) bond motifs is 2. The zero-order valence-corrected chi connectivity index (χ0v) is 15.0. The van der Waals surface area contributed by atoms with Gasteiger partial charge in [0, 0.05) is 19.2 Å². The highest BCUT2D eigenvalue weighted by molar-refractivity contribution is 5.94. The maximum absolute atomic E-state index is 12.8. The highest BCUT2D eigenvalue weighted by Crippen LogP contribution is 2.34. The molecule has 0 radical (unpaired) electrons. The van der Waals surface area contributed by atoms with Crippen molar-refractivity contribution in [3.05, 3.63) is 48.0 Å². The molecule has 0 spiro atoms. The van der Waals surface area contributed by atoms with E-state index < -0.39 is 0 Å². The van der Waals surface area contributed by atoms with E-state index in [1.807, 2.05) is 18.2 Å². The van der Waals surface area contributed by atoms with Crippen molar-refractivity contribution in [2.45, 2.75) is 13.0 Å². The molecule has 0 bridgehead atoms. The molecule has 0 unspecified atom stereocenters. The maximum atomic E-state index is 12.8. The highest BCUT2D eigenvalue weighted by Gasteiger charge is 2.27. The highest BCUT2D eigenvalue weighted by atomic mass is 16.7. The molecule has 1 amide bonds. The molecule has 2 aliphatic heterocycles. The van der Waals surface area contributed by atoms with Gasteiger partial charge in [0.25, 0.3) is 5.91 Å². The van der Waals surface area contributed by atoms with Crippen molar-refractivity contribution in [2.24, 2.45) is 0 Å². The van der Waals surface area contributed by atoms with Crippen LogP contribution in [0, 0.1) is 0 Å². The van der Waals surface area contributed by atoms with Gasteiger partial charge in [-0.25, -0.2) is 0 Å². The molecule has 2 aromatic rings. The van der Waals surface area contributed by atoms with E-state index in [2.05, 4.69) is 17.9 Å². The molecule has 0 saturated heterocycles. The first-order chi connectivity index (χ1) is 12.7. The van der Waals surface area contributed by atoms with Crippen molar-refractivity contribution < 1.29 is 19.0 Å². The molecule has 0 saturated carbocycles. The lowest BCUT2D eigenvalue weighted by atomic mass is 10.1. The van der Waals surface area contributed by atoms with Crippen molar-refractivity contribution in [1.82, 2.24) is 4.90 Å². The zero-order valence-electron chi connectivity index (χ0n) is 15.0. The van der Waals surface area contributed by atoms with Crippen LogP contribution in [0.5, 0.6) is 17.2 Å². The second-order valence-electron chi connectivity index (χ2n) is 6.50. The predicted molar refractivity (Wildman–Crippen MR) is 98.3 cm³/mol. The molecule has 6 nitrogen and oxygen atoms in total. The lowest BCUT2D eigenvalue weighted by Crippen LogP contribution is -2.46. The number of carbonyl (C=O) groups is 1. The molecule has 2 aromatic carbocycles. The Morgan fingerprint density at radius 2 is 1.96 bits per heavy atom. The summed E-state index contributed by atoms with van der Waals surface area (Å²) in [6, 6.07) is 13.3. The van der Waals surface area contributed by atoms with Gasteiger partial charge in [-0.2, -0.15) is 0 Å². The number of anilines is 1. The average Bonchev–Trinajstić information content (AvgIpc) is 3.14. The number of amides is 1. The number of hydrogen-bond acceptors (Lipinski definition) is 5. The van der Waals surface area contributed by atoms with Gasteiger partial charge in [-0.1, -0.05) is 12.1 Å². The number of likely N-dealkylation sites (N-methyl/N-ethyl adjacent to an activating group) is 2. The molecule has 0 aliphatic carbocycles. The fourth-order valence-corrected chi connectivity index (χ4v) is 3.41. The summed E-state index contributed by atoms with van der Waals surface area (Å²) < 4.78 is 16.8. The number of para-hydroxylation sites is 2. The quantitative estimate of drug-likeness (QED) is 0.845. The summed E-state index contributed by atoms with van der Waals surface area (Å²) in [6.45, 7) is 4.49. The molecule has 0 aromatic heterocycles. The van der Waals surface area contributed by atoms with Gasteiger partial charge >= 0.3 is 0 Å². The molecule has 2 aliphatic rings. The minimum Gasteiger partial charge on any atom is -0.485 e. The van der Waals surface area contributed by atoms with Crippen LogP contribution in [0.4, 0.5) is 5.69 Å². The van der Waals surface area contributed by atoms with Crippen LogP contribution in [-0.4, -0.2) is 50.4 Å². The van der Waals surface area contributed by atoms with Crippen LogP contribution in [0.1, 0.15) is 17.3 Å². The summed E-state index contributed by atoms with van der Waals surface area (Å²) in [5.41, 5.74) is 1.69. The second kappa shape index (κ2) is 6.78. The van der Waals surface area contributed by atoms with Gasteiger partial charge in [0.1, 0.15) is 11.9 Å². The van der Waals surface area contributed by atoms with Crippen molar-refractivity contribution in [1.29, 1.82) is 0 Å². The molecule has 6 heteroatoms. The topological polar surface area (TPSA) is 51.2 Å². The number of ether oxygens (including phenoxy) is 3. The van der Waals surface area contributed by atoms with Crippen LogP contribution in [0.2, 0.25) is 0 Å². The molecule has 4 rings (SSSR count). The third kappa shape index (κ3) is 3.03. The molecule has 1 atom stereocenters. The van der Waals surface area contributed by atoms with Crippen molar-refractivity contribution >= 4 is 11.6 Å². The summed E-state index contributed by atoms with van der Waals surface area (Å²) in [5.74, 6) is 2.10. The summed E-state index contributed by atoms with van der Waals surface area (Å²) in [5, 5.41) is 0. The number of rotatable bonds is 4. The Bertz CT molecular complexity index is 823. The zero-order chi connectivity index (χ0) is 18.1. The molecule has 0 fully saturated rings. The summed E-state index contributed by atoms with van der Waals surface area (Å²) in [7, 11) is 1.80. The van der Waals surface area contributed by atoms with Gasteiger partial charge < -0.3 is 24.0 Å². The monoisotopic (exact) mass is 354 g/mol. The molecule has 136 valence electrons. The first-order valence-corrected chi connectivity index (χ1v) is 8.81. The van der Waals surface area contributed by atoms with Crippen LogP contribution < -0.4 is 19.1 Å².